The molecule has 5 amide bonds. The third kappa shape index (κ3) is 14.2. The van der Waals surface area contributed by atoms with Gasteiger partial charge in [0, 0.05) is 33.4 Å². The van der Waals surface area contributed by atoms with Gasteiger partial charge in [-0.25, -0.2) is 0 Å². The van der Waals surface area contributed by atoms with Crippen LogP contribution in [0.25, 0.3) is 0 Å². The molecule has 0 unspecified atom stereocenters. The van der Waals surface area contributed by atoms with Gasteiger partial charge in [0.2, 0.25) is 29.5 Å². The summed E-state index contributed by atoms with van der Waals surface area (Å²) in [5, 5.41) is 10.3. The normalized spacial score (nSPS) is 11.2. The molecule has 0 aliphatic carbocycles. The molecule has 2 rings (SSSR count). The van der Waals surface area contributed by atoms with Gasteiger partial charge in [-0.05, 0) is 61.6 Å². The maximum absolute atomic E-state index is 12.5. The third-order valence-corrected chi connectivity index (χ3v) is 6.33. The Balaban J connectivity index is 1.64. The average molecular weight is 551 g/mol. The van der Waals surface area contributed by atoms with Gasteiger partial charge in [-0.15, -0.1) is 0 Å². The van der Waals surface area contributed by atoms with Crippen molar-refractivity contribution >= 4 is 29.5 Å². The molecule has 0 saturated heterocycles. The van der Waals surface area contributed by atoms with E-state index < -0.39 is 23.8 Å². The molecular formula is C31H42N4O5. The van der Waals surface area contributed by atoms with E-state index in [-0.39, 0.29) is 31.2 Å². The third-order valence-electron chi connectivity index (χ3n) is 6.33. The topological polar surface area (TPSA) is 133 Å². The molecule has 0 aromatic heterocycles. The van der Waals surface area contributed by atoms with E-state index in [1.165, 1.54) is 25.0 Å². The van der Waals surface area contributed by atoms with Gasteiger partial charge < -0.3 is 16.0 Å². The lowest BCUT2D eigenvalue weighted by Crippen LogP contribution is -2.47. The van der Waals surface area contributed by atoms with E-state index in [4.69, 9.17) is 0 Å². The van der Waals surface area contributed by atoms with Crippen LogP contribution in [-0.2, 0) is 43.2 Å². The SMILES string of the molecule is CC(=O)NCCCC[C@H](NC(C)=O)C(=O)NCCC(=O)NC(=O)Cc1ccc(CCCCc2ccccc2)cc1. The molecule has 1 atom stereocenters. The zero-order valence-electron chi connectivity index (χ0n) is 23.6. The van der Waals surface area contributed by atoms with Crippen molar-refractivity contribution < 1.29 is 24.0 Å². The molecule has 4 N–H and O–H groups in total. The second kappa shape index (κ2) is 18.3. The summed E-state index contributed by atoms with van der Waals surface area (Å²) in [6.45, 7) is 3.30. The van der Waals surface area contributed by atoms with Crippen LogP contribution in [0.4, 0.5) is 0 Å². The molecule has 0 heterocycles. The molecule has 0 aliphatic heterocycles. The van der Waals surface area contributed by atoms with Crippen molar-refractivity contribution in [2.24, 2.45) is 0 Å². The van der Waals surface area contributed by atoms with Crippen molar-refractivity contribution in [1.82, 2.24) is 21.3 Å². The maximum atomic E-state index is 12.5. The van der Waals surface area contributed by atoms with E-state index in [2.05, 4.69) is 45.5 Å². The lowest BCUT2D eigenvalue weighted by molar-refractivity contribution is -0.130. The lowest BCUT2D eigenvalue weighted by Gasteiger charge is -2.17. The number of rotatable bonds is 17. The van der Waals surface area contributed by atoms with Crippen LogP contribution in [0.5, 0.6) is 0 Å². The van der Waals surface area contributed by atoms with Crippen molar-refractivity contribution in [2.45, 2.75) is 77.7 Å². The number of carbonyl (C=O) groups excluding carboxylic acids is 5. The van der Waals surface area contributed by atoms with Crippen LogP contribution in [-0.4, -0.2) is 48.7 Å². The zero-order valence-corrected chi connectivity index (χ0v) is 23.6. The Labute approximate surface area is 236 Å². The van der Waals surface area contributed by atoms with Crippen molar-refractivity contribution in [1.29, 1.82) is 0 Å². The number of benzene rings is 2. The van der Waals surface area contributed by atoms with E-state index in [0.717, 1.165) is 31.2 Å². The first kappa shape index (κ1) is 32.2. The summed E-state index contributed by atoms with van der Waals surface area (Å²) >= 11 is 0. The fraction of sp³-hybridized carbons (Fsp3) is 0.452. The minimum Gasteiger partial charge on any atom is -0.356 e. The number of imide groups is 1. The van der Waals surface area contributed by atoms with E-state index in [1.54, 1.807) is 0 Å². The highest BCUT2D eigenvalue weighted by molar-refractivity contribution is 5.96. The highest BCUT2D eigenvalue weighted by Gasteiger charge is 2.19. The molecule has 2 aromatic rings. The van der Waals surface area contributed by atoms with E-state index in [0.29, 0.717) is 25.8 Å². The van der Waals surface area contributed by atoms with Crippen molar-refractivity contribution in [3.05, 3.63) is 71.3 Å². The van der Waals surface area contributed by atoms with Crippen LogP contribution >= 0.6 is 0 Å². The summed E-state index contributed by atoms with van der Waals surface area (Å²) in [7, 11) is 0. The van der Waals surface area contributed by atoms with E-state index in [9.17, 15) is 24.0 Å². The van der Waals surface area contributed by atoms with E-state index >= 15 is 0 Å². The molecule has 9 heteroatoms. The smallest absolute Gasteiger partial charge is 0.242 e. The highest BCUT2D eigenvalue weighted by Crippen LogP contribution is 2.11. The Morgan fingerprint density at radius 2 is 1.27 bits per heavy atom. The quantitative estimate of drug-likeness (QED) is 0.225. The summed E-state index contributed by atoms with van der Waals surface area (Å²) in [5.74, 6) is -1.73. The van der Waals surface area contributed by atoms with Crippen LogP contribution < -0.4 is 21.3 Å². The van der Waals surface area contributed by atoms with Crippen molar-refractivity contribution in [3.8, 4) is 0 Å². The first-order valence-electron chi connectivity index (χ1n) is 14.0. The minimum absolute atomic E-state index is 0.0406. The second-order valence-electron chi connectivity index (χ2n) is 9.93. The van der Waals surface area contributed by atoms with Gasteiger partial charge in [-0.3, -0.25) is 29.3 Å². The van der Waals surface area contributed by atoms with Gasteiger partial charge in [-0.1, -0.05) is 54.6 Å². The Kier molecular flexibility index (Phi) is 14.7. The number of aryl methyl sites for hydroxylation is 2. The van der Waals surface area contributed by atoms with Gasteiger partial charge in [0.1, 0.15) is 6.04 Å². The Morgan fingerprint density at radius 3 is 1.90 bits per heavy atom. The molecule has 216 valence electrons. The molecule has 2 aromatic carbocycles. The molecule has 0 aliphatic rings. The molecular weight excluding hydrogens is 508 g/mol. The first-order valence-corrected chi connectivity index (χ1v) is 14.0. The van der Waals surface area contributed by atoms with Crippen LogP contribution in [0.3, 0.4) is 0 Å². The lowest BCUT2D eigenvalue weighted by atomic mass is 10.0. The maximum Gasteiger partial charge on any atom is 0.242 e. The van der Waals surface area contributed by atoms with Crippen molar-refractivity contribution in [3.63, 3.8) is 0 Å². The molecule has 0 saturated carbocycles. The number of hydrogen-bond acceptors (Lipinski definition) is 5. The van der Waals surface area contributed by atoms with Crippen LogP contribution in [0.15, 0.2) is 54.6 Å². The summed E-state index contributed by atoms with van der Waals surface area (Å²) in [6, 6.07) is 17.6. The Hall–Kier alpha value is -4.01. The summed E-state index contributed by atoms with van der Waals surface area (Å²) in [6.07, 6.45) is 5.98. The number of unbranched alkanes of at least 4 members (excludes halogenated alkanes) is 2. The number of amides is 5. The molecule has 0 spiro atoms. The van der Waals surface area contributed by atoms with E-state index in [1.807, 2.05) is 30.3 Å². The zero-order chi connectivity index (χ0) is 29.2. The van der Waals surface area contributed by atoms with Crippen LogP contribution in [0.1, 0.15) is 69.1 Å². The second-order valence-corrected chi connectivity index (χ2v) is 9.93. The van der Waals surface area contributed by atoms with Crippen LogP contribution in [0.2, 0.25) is 0 Å². The summed E-state index contributed by atoms with van der Waals surface area (Å²) < 4.78 is 0. The van der Waals surface area contributed by atoms with Crippen molar-refractivity contribution in [2.75, 3.05) is 13.1 Å². The van der Waals surface area contributed by atoms with Gasteiger partial charge in [-0.2, -0.15) is 0 Å². The van der Waals surface area contributed by atoms with Gasteiger partial charge >= 0.3 is 0 Å². The summed E-state index contributed by atoms with van der Waals surface area (Å²) in [4.78, 5) is 59.4. The standard InChI is InChI=1S/C31H42N4O5/c1-23(36)32-20-9-8-14-28(34-24(2)37)31(40)33-21-19-29(38)35-30(39)22-27-17-15-26(16-18-27)13-7-6-12-25-10-4-3-5-11-25/h3-5,10-11,15-18,28H,6-9,12-14,19-22H2,1-2H3,(H,32,36)(H,33,40)(H,34,37)(H,35,38,39)/t28-/m0/s1. The monoisotopic (exact) mass is 550 g/mol. The molecule has 0 radical (unpaired) electrons. The van der Waals surface area contributed by atoms with Gasteiger partial charge in [0.05, 0.1) is 6.42 Å². The molecule has 0 bridgehead atoms. The predicted octanol–water partition coefficient (Wildman–Crippen LogP) is 2.75. The molecule has 0 fully saturated rings. The fourth-order valence-electron chi connectivity index (χ4n) is 4.25. The number of nitrogens with one attached hydrogen (secondary N) is 4. The largest absolute Gasteiger partial charge is 0.356 e. The Morgan fingerprint density at radius 1 is 0.650 bits per heavy atom. The summed E-state index contributed by atoms with van der Waals surface area (Å²) in [5.41, 5.74) is 3.39. The number of carbonyl (C=O) groups is 5. The Bertz CT molecular complexity index is 1100. The highest BCUT2D eigenvalue weighted by atomic mass is 16.2. The fourth-order valence-corrected chi connectivity index (χ4v) is 4.25. The average Bonchev–Trinajstić information content (AvgIpc) is 2.91. The van der Waals surface area contributed by atoms with Crippen LogP contribution in [0, 0.1) is 0 Å². The predicted molar refractivity (Wildman–Crippen MR) is 154 cm³/mol. The molecule has 9 nitrogen and oxygen atoms in total. The van der Waals surface area contributed by atoms with Gasteiger partial charge in [0.15, 0.2) is 0 Å². The number of hydrogen-bond donors (Lipinski definition) is 4. The van der Waals surface area contributed by atoms with Gasteiger partial charge in [0.25, 0.3) is 0 Å². The first-order chi connectivity index (χ1) is 19.2. The minimum atomic E-state index is -0.730. The molecule has 40 heavy (non-hydrogen) atoms.